The average Bonchev–Trinajstić information content (AvgIpc) is 2.23. The summed E-state index contributed by atoms with van der Waals surface area (Å²) in [5.74, 6) is 0. The van der Waals surface area contributed by atoms with E-state index >= 15 is 0 Å². The van der Waals surface area contributed by atoms with Crippen LogP contribution in [0.3, 0.4) is 0 Å². The molecule has 0 aliphatic rings. The molecule has 0 aliphatic carbocycles. The van der Waals surface area contributed by atoms with Crippen molar-refractivity contribution in [1.29, 1.82) is 0 Å². The van der Waals surface area contributed by atoms with Gasteiger partial charge >= 0.3 is 10.4 Å². The first-order valence-electron chi connectivity index (χ1n) is 7.17. The third-order valence-corrected chi connectivity index (χ3v) is 3.02. The molecule has 5 nitrogen and oxygen atoms in total. The van der Waals surface area contributed by atoms with E-state index in [9.17, 15) is 0 Å². The third kappa shape index (κ3) is 20.3. The van der Waals surface area contributed by atoms with E-state index in [1.807, 2.05) is 0 Å². The monoisotopic (exact) mass is 297 g/mol. The van der Waals surface area contributed by atoms with Crippen LogP contribution in [-0.4, -0.2) is 23.1 Å². The number of hydrogen-bond acceptors (Lipinski definition) is 3. The molecule has 0 saturated heterocycles. The van der Waals surface area contributed by atoms with Gasteiger partial charge in [-0.1, -0.05) is 59.3 Å². The lowest BCUT2D eigenvalue weighted by Crippen LogP contribution is -2.39. The largest absolute Gasteiger partial charge is 0.394 e. The van der Waals surface area contributed by atoms with E-state index in [0.29, 0.717) is 0 Å². The van der Waals surface area contributed by atoms with Crippen molar-refractivity contribution in [3.63, 3.8) is 0 Å². The molecule has 0 amide bonds. The Morgan fingerprint density at radius 1 is 0.842 bits per heavy atom. The van der Waals surface area contributed by atoms with Gasteiger partial charge in [-0.25, -0.2) is 0 Å². The second kappa shape index (κ2) is 11.6. The van der Waals surface area contributed by atoms with Crippen molar-refractivity contribution in [2.45, 2.75) is 84.1 Å². The van der Waals surface area contributed by atoms with E-state index in [2.05, 4.69) is 20.8 Å². The highest BCUT2D eigenvalue weighted by atomic mass is 32.3. The molecule has 19 heavy (non-hydrogen) atoms. The Bertz CT molecular complexity index is 277. The van der Waals surface area contributed by atoms with Gasteiger partial charge in [0.15, 0.2) is 0 Å². The zero-order chi connectivity index (χ0) is 15.4. The maximum Gasteiger partial charge on any atom is 0.394 e. The summed E-state index contributed by atoms with van der Waals surface area (Å²) < 4.78 is 31.6. The smallest absolute Gasteiger partial charge is 0.325 e. The van der Waals surface area contributed by atoms with Crippen LogP contribution in [0.1, 0.15) is 78.6 Å². The summed E-state index contributed by atoms with van der Waals surface area (Å²) in [6.07, 6.45) is 11.5. The Morgan fingerprint density at radius 2 is 1.26 bits per heavy atom. The number of nitrogens with two attached hydrogens (primary N) is 1. The van der Waals surface area contributed by atoms with Gasteiger partial charge in [-0.05, 0) is 19.3 Å². The normalized spacial score (nSPS) is 11.9. The van der Waals surface area contributed by atoms with Crippen LogP contribution in [0.5, 0.6) is 0 Å². The zero-order valence-corrected chi connectivity index (χ0v) is 13.4. The molecule has 0 spiro atoms. The molecule has 0 bridgehead atoms. The highest BCUT2D eigenvalue weighted by Gasteiger charge is 2.21. The molecule has 0 aromatic rings. The van der Waals surface area contributed by atoms with Crippen LogP contribution >= 0.6 is 0 Å². The van der Waals surface area contributed by atoms with Crippen molar-refractivity contribution >= 4 is 10.4 Å². The fourth-order valence-corrected chi connectivity index (χ4v) is 2.27. The summed E-state index contributed by atoms with van der Waals surface area (Å²) in [6, 6.07) is 0. The van der Waals surface area contributed by atoms with Crippen molar-refractivity contribution in [2.75, 3.05) is 0 Å². The van der Waals surface area contributed by atoms with Crippen molar-refractivity contribution < 1.29 is 17.5 Å². The van der Waals surface area contributed by atoms with E-state index in [1.165, 1.54) is 57.8 Å². The molecular formula is C13H31NO4S. The van der Waals surface area contributed by atoms with Crippen LogP contribution in [0.15, 0.2) is 0 Å². The van der Waals surface area contributed by atoms with Crippen LogP contribution in [0, 0.1) is 0 Å². The molecule has 0 unspecified atom stereocenters. The summed E-state index contributed by atoms with van der Waals surface area (Å²) in [6.45, 7) is 6.74. The Balaban J connectivity index is 0. The second-order valence-electron chi connectivity index (χ2n) is 5.12. The van der Waals surface area contributed by atoms with Gasteiger partial charge in [0.2, 0.25) is 0 Å². The van der Waals surface area contributed by atoms with Gasteiger partial charge in [-0.2, -0.15) is 8.42 Å². The molecule has 118 valence electrons. The molecule has 0 rings (SSSR count). The molecule has 0 fully saturated rings. The number of hydrogen-bond donors (Lipinski definition) is 3. The number of unbranched alkanes of at least 4 members (excludes halogenated alkanes) is 3. The minimum Gasteiger partial charge on any atom is -0.325 e. The van der Waals surface area contributed by atoms with Crippen LogP contribution in [-0.2, 0) is 10.4 Å². The zero-order valence-electron chi connectivity index (χ0n) is 12.6. The van der Waals surface area contributed by atoms with Crippen molar-refractivity contribution in [1.82, 2.24) is 0 Å². The maximum atomic E-state index is 8.74. The highest BCUT2D eigenvalue weighted by molar-refractivity contribution is 7.79. The van der Waals surface area contributed by atoms with E-state index in [4.69, 9.17) is 23.3 Å². The first kappa shape index (κ1) is 21.1. The third-order valence-electron chi connectivity index (χ3n) is 3.02. The molecule has 0 aromatic heterocycles. The first-order valence-corrected chi connectivity index (χ1v) is 8.57. The lowest BCUT2D eigenvalue weighted by Gasteiger charge is -2.29. The predicted octanol–water partition coefficient (Wildman–Crippen LogP) is 3.60. The van der Waals surface area contributed by atoms with Crippen LogP contribution in [0.25, 0.3) is 0 Å². The quantitative estimate of drug-likeness (QED) is 0.446. The fraction of sp³-hybridized carbons (Fsp3) is 1.00. The van der Waals surface area contributed by atoms with Gasteiger partial charge in [-0.3, -0.25) is 9.11 Å². The SMILES string of the molecule is CCCCCCC(N)(CCC)CCC.O=S(=O)(O)O. The summed E-state index contributed by atoms with van der Waals surface area (Å²) in [5.41, 5.74) is 6.55. The summed E-state index contributed by atoms with van der Waals surface area (Å²) in [7, 11) is -4.67. The first-order chi connectivity index (χ1) is 8.68. The molecule has 6 heteroatoms. The molecule has 0 aromatic carbocycles. The van der Waals surface area contributed by atoms with E-state index < -0.39 is 10.4 Å². The molecule has 0 heterocycles. The Labute approximate surface area is 118 Å². The number of rotatable bonds is 9. The molecule has 0 saturated carbocycles. The fourth-order valence-electron chi connectivity index (χ4n) is 2.27. The standard InChI is InChI=1S/C13H29N.H2O4S/c1-4-7-8-9-12-13(14,10-5-2)11-6-3;1-5(2,3)4/h4-12,14H2,1-3H3;(H2,1,2,3,4). The molecule has 4 N–H and O–H groups in total. The minimum atomic E-state index is -4.67. The second-order valence-corrected chi connectivity index (χ2v) is 6.02. The summed E-state index contributed by atoms with van der Waals surface area (Å²) >= 11 is 0. The van der Waals surface area contributed by atoms with E-state index in [-0.39, 0.29) is 5.54 Å². The van der Waals surface area contributed by atoms with Gasteiger partial charge in [0.25, 0.3) is 0 Å². The van der Waals surface area contributed by atoms with E-state index in [0.717, 1.165) is 0 Å². The van der Waals surface area contributed by atoms with Crippen LogP contribution in [0.2, 0.25) is 0 Å². The minimum absolute atomic E-state index is 0.150. The van der Waals surface area contributed by atoms with Gasteiger partial charge in [-0.15, -0.1) is 0 Å². The Kier molecular flexibility index (Phi) is 12.9. The average molecular weight is 297 g/mol. The molecule has 0 aliphatic heterocycles. The molecule has 0 radical (unpaired) electrons. The van der Waals surface area contributed by atoms with Gasteiger partial charge in [0.05, 0.1) is 0 Å². The van der Waals surface area contributed by atoms with Crippen molar-refractivity contribution in [3.05, 3.63) is 0 Å². The molecule has 0 atom stereocenters. The predicted molar refractivity (Wildman–Crippen MR) is 79.7 cm³/mol. The summed E-state index contributed by atoms with van der Waals surface area (Å²) in [5, 5.41) is 0. The molecular weight excluding hydrogens is 266 g/mol. The summed E-state index contributed by atoms with van der Waals surface area (Å²) in [4.78, 5) is 0. The van der Waals surface area contributed by atoms with Crippen LogP contribution in [0.4, 0.5) is 0 Å². The van der Waals surface area contributed by atoms with Gasteiger partial charge in [0, 0.05) is 5.54 Å². The van der Waals surface area contributed by atoms with Crippen molar-refractivity contribution in [3.8, 4) is 0 Å². The van der Waals surface area contributed by atoms with Gasteiger partial charge < -0.3 is 5.73 Å². The highest BCUT2D eigenvalue weighted by Crippen LogP contribution is 2.23. The topological polar surface area (TPSA) is 101 Å². The van der Waals surface area contributed by atoms with E-state index in [1.54, 1.807) is 0 Å². The maximum absolute atomic E-state index is 8.74. The Hall–Kier alpha value is -0.170. The van der Waals surface area contributed by atoms with Gasteiger partial charge in [0.1, 0.15) is 0 Å². The van der Waals surface area contributed by atoms with Crippen LogP contribution < -0.4 is 5.73 Å². The lowest BCUT2D eigenvalue weighted by atomic mass is 9.84. The lowest BCUT2D eigenvalue weighted by molar-refractivity contribution is 0.320. The van der Waals surface area contributed by atoms with Crippen molar-refractivity contribution in [2.24, 2.45) is 5.73 Å². The Morgan fingerprint density at radius 3 is 1.58 bits per heavy atom.